The molecule has 0 radical (unpaired) electrons. The largest absolute Gasteiger partial charge is 2.00 e. The van der Waals surface area contributed by atoms with Crippen LogP contribution in [-0.2, 0) is 0 Å². The second-order valence-electron chi connectivity index (χ2n) is 4.28. The Morgan fingerprint density at radius 2 is 0.733 bits per heavy atom. The zero-order valence-electron chi connectivity index (χ0n) is 10.4. The Labute approximate surface area is 188 Å². The zero-order valence-corrected chi connectivity index (χ0v) is 21.6. The molecular formula is C6H19Br3Ca2O2Si2. The van der Waals surface area contributed by atoms with Gasteiger partial charge in [0, 0.05) is 0 Å². The molecule has 2 nitrogen and oxygen atoms in total. The Balaban J connectivity index is -0.0000000128. The molecule has 0 unspecified atom stereocenters. The van der Waals surface area contributed by atoms with Gasteiger partial charge in [-0.15, -0.1) is 0 Å². The molecule has 0 spiro atoms. The van der Waals surface area contributed by atoms with Crippen molar-refractivity contribution in [2.75, 3.05) is 0 Å². The van der Waals surface area contributed by atoms with Gasteiger partial charge in [0.2, 0.25) is 0 Å². The van der Waals surface area contributed by atoms with E-state index in [1.807, 2.05) is 19.6 Å². The second kappa shape index (κ2) is 20.6. The number of hydrogen-bond acceptors (Lipinski definition) is 2. The second-order valence-corrected chi connectivity index (χ2v) is 12.8. The molecule has 0 heterocycles. The van der Waals surface area contributed by atoms with Gasteiger partial charge in [0.15, 0.2) is 8.32 Å². The van der Waals surface area contributed by atoms with Crippen molar-refractivity contribution in [2.45, 2.75) is 39.3 Å². The van der Waals surface area contributed by atoms with E-state index in [1.54, 1.807) is 19.6 Å². The van der Waals surface area contributed by atoms with E-state index in [0.29, 0.717) is 0 Å². The molecule has 0 rings (SSSR count). The van der Waals surface area contributed by atoms with E-state index < -0.39 is 16.6 Å². The molecule has 1 N–H and O–H groups in total. The number of rotatable bonds is 0. The molecule has 0 fully saturated rings. The summed E-state index contributed by atoms with van der Waals surface area (Å²) in [7, 11) is -3.47. The predicted molar refractivity (Wildman–Crippen MR) is 60.4 cm³/mol. The molecule has 9 heteroatoms. The molecule has 0 aromatic rings. The standard InChI is InChI=1S/C3H10OSi.C3H9OSi.3BrH.2Ca/c2*1-5(2,3)4;;;;;/h4H,1-3H3;1-3H3;3*1H;;/q;-1;;;;2*+2/p-3. The molecule has 0 atom stereocenters. The van der Waals surface area contributed by atoms with Crippen LogP contribution < -0.4 is 55.7 Å². The monoisotopic (exact) mass is 496 g/mol. The van der Waals surface area contributed by atoms with Crippen molar-refractivity contribution in [3.05, 3.63) is 0 Å². The third-order valence-electron chi connectivity index (χ3n) is 0. The topological polar surface area (TPSA) is 43.3 Å². The van der Waals surface area contributed by atoms with E-state index in [9.17, 15) is 4.80 Å². The summed E-state index contributed by atoms with van der Waals surface area (Å²) < 4.78 is 0. The molecule has 15 heavy (non-hydrogen) atoms. The number of hydrogen-bond donors (Lipinski definition) is 1. The minimum Gasteiger partial charge on any atom is -1.00 e. The molecule has 0 aromatic heterocycles. The van der Waals surface area contributed by atoms with Gasteiger partial charge in [-0.05, 0) is 19.6 Å². The van der Waals surface area contributed by atoms with Crippen molar-refractivity contribution < 1.29 is 60.5 Å². The third-order valence-corrected chi connectivity index (χ3v) is 0. The fourth-order valence-electron chi connectivity index (χ4n) is 0. The summed E-state index contributed by atoms with van der Waals surface area (Å²) in [6, 6.07) is 0. The summed E-state index contributed by atoms with van der Waals surface area (Å²) in [5.41, 5.74) is 0. The molecule has 0 aliphatic rings. The first-order valence-electron chi connectivity index (χ1n) is 3.43. The predicted octanol–water partition coefficient (Wildman–Crippen LogP) is -8.75. The smallest absolute Gasteiger partial charge is 1.00 e. The SMILES string of the molecule is C[Si](C)(C)O.C[Si](C)(C)[O-].[Br-].[Br-].[Br-].[Ca+2].[Ca+2]. The Morgan fingerprint density at radius 3 is 0.733 bits per heavy atom. The molecule has 0 amide bonds. The van der Waals surface area contributed by atoms with Gasteiger partial charge in [0.25, 0.3) is 0 Å². The van der Waals surface area contributed by atoms with Crippen molar-refractivity contribution >= 4 is 92.1 Å². The van der Waals surface area contributed by atoms with Gasteiger partial charge >= 0.3 is 75.5 Å². The van der Waals surface area contributed by atoms with Crippen molar-refractivity contribution in [1.82, 2.24) is 0 Å². The molecule has 0 bridgehead atoms. The summed E-state index contributed by atoms with van der Waals surface area (Å²) in [4.78, 5) is 18.9. The van der Waals surface area contributed by atoms with Crippen LogP contribution >= 0.6 is 0 Å². The normalized spacial score (nSPS) is 8.00. The Bertz CT molecular complexity index is 75.4. The van der Waals surface area contributed by atoms with Gasteiger partial charge in [0.1, 0.15) is 0 Å². The van der Waals surface area contributed by atoms with Gasteiger partial charge in [-0.2, -0.15) is 0 Å². The van der Waals surface area contributed by atoms with Crippen LogP contribution in [0.4, 0.5) is 0 Å². The van der Waals surface area contributed by atoms with Crippen LogP contribution in [0.2, 0.25) is 39.3 Å². The maximum absolute atomic E-state index is 10.2. The van der Waals surface area contributed by atoms with Crippen LogP contribution in [-0.4, -0.2) is 96.9 Å². The van der Waals surface area contributed by atoms with Crippen molar-refractivity contribution in [2.24, 2.45) is 0 Å². The fourth-order valence-corrected chi connectivity index (χ4v) is 0. The van der Waals surface area contributed by atoms with E-state index in [4.69, 9.17) is 4.80 Å². The molecule has 0 aliphatic heterocycles. The van der Waals surface area contributed by atoms with Gasteiger partial charge in [-0.25, -0.2) is 0 Å². The quantitative estimate of drug-likeness (QED) is 0.337. The Hall–Kier alpha value is 4.31. The Morgan fingerprint density at radius 1 is 0.733 bits per heavy atom. The third kappa shape index (κ3) is 262. The molecule has 0 saturated carbocycles. The maximum atomic E-state index is 10.2. The van der Waals surface area contributed by atoms with Crippen LogP contribution in [0.25, 0.3) is 0 Å². The van der Waals surface area contributed by atoms with Crippen LogP contribution in [0.3, 0.4) is 0 Å². The van der Waals surface area contributed by atoms with Crippen LogP contribution in [0.1, 0.15) is 0 Å². The minimum absolute atomic E-state index is 0. The summed E-state index contributed by atoms with van der Waals surface area (Å²) >= 11 is 0. The van der Waals surface area contributed by atoms with E-state index >= 15 is 0 Å². The van der Waals surface area contributed by atoms with E-state index in [0.717, 1.165) is 0 Å². The average Bonchev–Trinajstić information content (AvgIpc) is 1.12. The van der Waals surface area contributed by atoms with Crippen molar-refractivity contribution in [3.8, 4) is 0 Å². The van der Waals surface area contributed by atoms with Crippen LogP contribution in [0.5, 0.6) is 0 Å². The first kappa shape index (κ1) is 42.7. The van der Waals surface area contributed by atoms with Gasteiger partial charge < -0.3 is 60.5 Å². The van der Waals surface area contributed by atoms with Crippen molar-refractivity contribution in [3.63, 3.8) is 0 Å². The van der Waals surface area contributed by atoms with E-state index in [-0.39, 0.29) is 126 Å². The molecule has 88 valence electrons. The van der Waals surface area contributed by atoms with Gasteiger partial charge in [-0.3, -0.25) is 0 Å². The summed E-state index contributed by atoms with van der Waals surface area (Å²) in [5.74, 6) is 0. The number of halogens is 3. The van der Waals surface area contributed by atoms with E-state index in [1.165, 1.54) is 0 Å². The maximum Gasteiger partial charge on any atom is 2.00 e. The summed E-state index contributed by atoms with van der Waals surface area (Å²) in [6.07, 6.45) is 0. The van der Waals surface area contributed by atoms with Gasteiger partial charge in [0.05, 0.1) is 0 Å². The average molecular weight is 499 g/mol. The summed E-state index contributed by atoms with van der Waals surface area (Å²) in [5, 5.41) is 0. The minimum atomic E-state index is -1.86. The molecule has 0 saturated heterocycles. The van der Waals surface area contributed by atoms with Crippen LogP contribution in [0, 0.1) is 0 Å². The Kier molecular flexibility index (Phi) is 58.7. The van der Waals surface area contributed by atoms with Gasteiger partial charge in [-0.1, -0.05) is 28.0 Å². The molecule has 0 aliphatic carbocycles. The van der Waals surface area contributed by atoms with Crippen molar-refractivity contribution in [1.29, 1.82) is 0 Å². The first-order chi connectivity index (χ1) is 4.00. The summed E-state index contributed by atoms with van der Waals surface area (Å²) in [6.45, 7) is 11.0. The van der Waals surface area contributed by atoms with Crippen LogP contribution in [0.15, 0.2) is 0 Å². The molecular weight excluding hydrogens is 480 g/mol. The first-order valence-corrected chi connectivity index (χ1v) is 10.3. The fraction of sp³-hybridized carbons (Fsp3) is 1.00. The molecule has 0 aromatic carbocycles. The van der Waals surface area contributed by atoms with E-state index in [2.05, 4.69) is 0 Å². The zero-order chi connectivity index (χ0) is 9.00.